The number of amides is 5. The summed E-state index contributed by atoms with van der Waals surface area (Å²) in [5.74, 6) is -4.10. The van der Waals surface area contributed by atoms with E-state index in [2.05, 4.69) is 16.1 Å². The molecule has 2 aliphatic heterocycles. The van der Waals surface area contributed by atoms with Crippen LogP contribution in [0.2, 0.25) is 0 Å². The second kappa shape index (κ2) is 13.0. The Morgan fingerprint density at radius 1 is 1.13 bits per heavy atom. The topological polar surface area (TPSA) is 174 Å². The Labute approximate surface area is 225 Å². The van der Waals surface area contributed by atoms with Gasteiger partial charge in [-0.15, -0.1) is 0 Å². The van der Waals surface area contributed by atoms with E-state index < -0.39 is 66.1 Å². The molecule has 2 heterocycles. The van der Waals surface area contributed by atoms with E-state index in [1.165, 1.54) is 24.3 Å². The Bertz CT molecular complexity index is 1150. The van der Waals surface area contributed by atoms with Gasteiger partial charge >= 0.3 is 5.97 Å². The van der Waals surface area contributed by atoms with E-state index in [-0.39, 0.29) is 18.7 Å². The van der Waals surface area contributed by atoms with Crippen LogP contribution < -0.4 is 16.1 Å². The first kappa shape index (κ1) is 29.3. The number of hydrazine groups is 1. The van der Waals surface area contributed by atoms with Crippen LogP contribution in [0, 0.1) is 5.92 Å². The van der Waals surface area contributed by atoms with Gasteiger partial charge in [0.15, 0.2) is 0 Å². The Morgan fingerprint density at radius 2 is 1.82 bits per heavy atom. The van der Waals surface area contributed by atoms with Crippen LogP contribution in [0.4, 0.5) is 0 Å². The van der Waals surface area contributed by atoms with Crippen LogP contribution in [-0.4, -0.2) is 88.8 Å². The highest BCUT2D eigenvalue weighted by molar-refractivity contribution is 6.14. The fourth-order valence-corrected chi connectivity index (χ4v) is 4.31. The van der Waals surface area contributed by atoms with E-state index in [0.717, 1.165) is 17.1 Å². The molecule has 1 aromatic carbocycles. The summed E-state index contributed by atoms with van der Waals surface area (Å²) in [5.41, 5.74) is 3.42. The monoisotopic (exact) mass is 543 g/mol. The van der Waals surface area contributed by atoms with Crippen LogP contribution in [0.25, 0.3) is 0 Å². The third kappa shape index (κ3) is 7.63. The van der Waals surface area contributed by atoms with Gasteiger partial charge in [0.25, 0.3) is 17.7 Å². The molecule has 1 fully saturated rings. The molecule has 39 heavy (non-hydrogen) atoms. The molecule has 0 aliphatic carbocycles. The Morgan fingerprint density at radius 3 is 2.44 bits per heavy atom. The number of hydrogen-bond donors (Lipinski definition) is 4. The summed E-state index contributed by atoms with van der Waals surface area (Å²) in [4.78, 5) is 75.9. The van der Waals surface area contributed by atoms with Crippen molar-refractivity contribution in [3.63, 3.8) is 0 Å². The molecule has 0 saturated carbocycles. The van der Waals surface area contributed by atoms with Crippen LogP contribution in [0.3, 0.4) is 0 Å². The van der Waals surface area contributed by atoms with E-state index in [1.807, 2.05) is 0 Å². The summed E-state index contributed by atoms with van der Waals surface area (Å²) in [7, 11) is 1.25. The highest BCUT2D eigenvalue weighted by atomic mass is 16.5. The minimum atomic E-state index is -1.12. The summed E-state index contributed by atoms with van der Waals surface area (Å²) in [6, 6.07) is 3.30. The van der Waals surface area contributed by atoms with E-state index >= 15 is 0 Å². The number of benzene rings is 1. The third-order valence-electron chi connectivity index (χ3n) is 6.37. The number of aromatic hydroxyl groups is 1. The zero-order chi connectivity index (χ0) is 28.7. The maximum Gasteiger partial charge on any atom is 0.324 e. The maximum absolute atomic E-state index is 13.6. The molecular formula is C26H33N5O8. The summed E-state index contributed by atoms with van der Waals surface area (Å²) in [6.45, 7) is 3.11. The fourth-order valence-electron chi connectivity index (χ4n) is 4.31. The predicted molar refractivity (Wildman–Crippen MR) is 136 cm³/mol. The van der Waals surface area contributed by atoms with Crippen molar-refractivity contribution in [1.82, 2.24) is 26.0 Å². The van der Waals surface area contributed by atoms with E-state index in [9.17, 15) is 33.9 Å². The second-order valence-corrected chi connectivity index (χ2v) is 9.66. The number of nitrogens with one attached hydrogen (secondary N) is 3. The second-order valence-electron chi connectivity index (χ2n) is 9.66. The van der Waals surface area contributed by atoms with Gasteiger partial charge in [-0.3, -0.25) is 38.7 Å². The van der Waals surface area contributed by atoms with Crippen molar-refractivity contribution in [2.75, 3.05) is 20.2 Å². The molecule has 210 valence electrons. The molecule has 1 aromatic rings. The summed E-state index contributed by atoms with van der Waals surface area (Å²) in [6.07, 6.45) is 3.12. The lowest BCUT2D eigenvalue weighted by atomic mass is 10.00. The summed E-state index contributed by atoms with van der Waals surface area (Å²) >= 11 is 0. The number of phenols is 1. The van der Waals surface area contributed by atoms with Crippen LogP contribution in [0.1, 0.15) is 32.3 Å². The molecule has 3 rings (SSSR count). The minimum absolute atomic E-state index is 0.0142. The smallest absolute Gasteiger partial charge is 0.324 e. The van der Waals surface area contributed by atoms with Gasteiger partial charge in [0.05, 0.1) is 7.11 Å². The number of methoxy groups -OCH3 is 1. The van der Waals surface area contributed by atoms with Gasteiger partial charge in [0.1, 0.15) is 30.4 Å². The van der Waals surface area contributed by atoms with Crippen molar-refractivity contribution in [3.8, 4) is 5.75 Å². The number of ether oxygens (including phenoxy) is 1. The molecular weight excluding hydrogens is 510 g/mol. The van der Waals surface area contributed by atoms with E-state index in [1.54, 1.807) is 26.0 Å². The number of esters is 1. The summed E-state index contributed by atoms with van der Waals surface area (Å²) in [5, 5.41) is 16.4. The van der Waals surface area contributed by atoms with Gasteiger partial charge in [-0.2, -0.15) is 0 Å². The number of phenolic OH excluding ortho intramolecular Hbond substituents is 1. The standard InChI is InChI=1S/C26H33N5O8/c1-15(2)23(28-20(33)14-30-21(34)9-10-22(30)35)24(36)27-19(13-16-6-4-7-17(32)12-16)25(37)31-11-5-8-18(29-31)26(38)39-3/h4,6-7,9-10,12,15,18-19,23,29,32H,5,8,11,13-14H2,1-3H3,(H,27,36)(H,28,33)/t18?,19-,23-/m0/s1. The normalized spacial score (nSPS) is 18.6. The average Bonchev–Trinajstić information content (AvgIpc) is 3.22. The van der Waals surface area contributed by atoms with Crippen molar-refractivity contribution in [3.05, 3.63) is 42.0 Å². The highest BCUT2D eigenvalue weighted by Gasteiger charge is 2.35. The summed E-state index contributed by atoms with van der Waals surface area (Å²) < 4.78 is 4.78. The first-order valence-electron chi connectivity index (χ1n) is 12.6. The predicted octanol–water partition coefficient (Wildman–Crippen LogP) is -0.846. The Kier molecular flexibility index (Phi) is 9.77. The number of carbonyl (C=O) groups is 6. The molecule has 5 amide bonds. The fraction of sp³-hybridized carbons (Fsp3) is 0.462. The quantitative estimate of drug-likeness (QED) is 0.217. The zero-order valence-electron chi connectivity index (χ0n) is 22.0. The lowest BCUT2D eigenvalue weighted by molar-refractivity contribution is -0.151. The van der Waals surface area contributed by atoms with Crippen LogP contribution >= 0.6 is 0 Å². The van der Waals surface area contributed by atoms with E-state index in [4.69, 9.17) is 4.74 Å². The lowest BCUT2D eigenvalue weighted by Crippen LogP contribution is -2.62. The van der Waals surface area contributed by atoms with Crippen molar-refractivity contribution in [2.45, 2.75) is 51.2 Å². The Hall–Kier alpha value is -4.26. The van der Waals surface area contributed by atoms with Crippen LogP contribution in [0.5, 0.6) is 5.75 Å². The van der Waals surface area contributed by atoms with Gasteiger partial charge in [-0.05, 0) is 36.5 Å². The molecule has 0 spiro atoms. The first-order chi connectivity index (χ1) is 18.5. The van der Waals surface area contributed by atoms with E-state index in [0.29, 0.717) is 18.4 Å². The zero-order valence-corrected chi connectivity index (χ0v) is 22.0. The Balaban J connectivity index is 1.76. The molecule has 1 saturated heterocycles. The molecule has 0 bridgehead atoms. The van der Waals surface area contributed by atoms with Crippen molar-refractivity contribution < 1.29 is 38.6 Å². The number of carbonyl (C=O) groups excluding carboxylic acids is 6. The largest absolute Gasteiger partial charge is 0.508 e. The minimum Gasteiger partial charge on any atom is -0.508 e. The third-order valence-corrected chi connectivity index (χ3v) is 6.37. The van der Waals surface area contributed by atoms with Gasteiger partial charge in [-0.1, -0.05) is 26.0 Å². The van der Waals surface area contributed by atoms with Gasteiger partial charge in [-0.25, -0.2) is 5.43 Å². The van der Waals surface area contributed by atoms with Gasteiger partial charge < -0.3 is 20.5 Å². The van der Waals surface area contributed by atoms with Gasteiger partial charge in [0, 0.05) is 25.1 Å². The van der Waals surface area contributed by atoms with Crippen molar-refractivity contribution >= 4 is 35.5 Å². The maximum atomic E-state index is 13.6. The van der Waals surface area contributed by atoms with Crippen LogP contribution in [-0.2, 0) is 39.9 Å². The molecule has 1 unspecified atom stereocenters. The number of rotatable bonds is 10. The molecule has 13 heteroatoms. The number of nitrogens with zero attached hydrogens (tertiary/aromatic N) is 2. The highest BCUT2D eigenvalue weighted by Crippen LogP contribution is 2.16. The lowest BCUT2D eigenvalue weighted by Gasteiger charge is -2.35. The first-order valence-corrected chi connectivity index (χ1v) is 12.6. The molecule has 3 atom stereocenters. The SMILES string of the molecule is COC(=O)C1CCCN(C(=O)[C@H](Cc2cccc(O)c2)NC(=O)[C@@H](NC(=O)CN2C(=O)C=CC2=O)C(C)C)N1. The van der Waals surface area contributed by atoms with Crippen LogP contribution in [0.15, 0.2) is 36.4 Å². The molecule has 4 N–H and O–H groups in total. The van der Waals surface area contributed by atoms with Crippen molar-refractivity contribution in [1.29, 1.82) is 0 Å². The molecule has 0 radical (unpaired) electrons. The number of imide groups is 1. The average molecular weight is 544 g/mol. The number of hydrogen-bond acceptors (Lipinski definition) is 9. The molecule has 13 nitrogen and oxygen atoms in total. The molecule has 0 aromatic heterocycles. The van der Waals surface area contributed by atoms with Crippen molar-refractivity contribution in [2.24, 2.45) is 5.92 Å². The van der Waals surface area contributed by atoms with Gasteiger partial charge in [0.2, 0.25) is 11.8 Å². The molecule has 2 aliphatic rings.